The number of hydrogen-bond acceptors (Lipinski definition) is 4. The van der Waals surface area contributed by atoms with Crippen LogP contribution in [0.1, 0.15) is 0 Å². The number of nitrogens with zero attached hydrogens (tertiary/aromatic N) is 1. The smallest absolute Gasteiger partial charge is 0.157 e. The highest BCUT2D eigenvalue weighted by molar-refractivity contribution is 8.04. The molecular formula is C6H7NO2S2. The van der Waals surface area contributed by atoms with Gasteiger partial charge in [-0.2, -0.15) is 5.26 Å². The van der Waals surface area contributed by atoms with Crippen LogP contribution < -0.4 is 0 Å². The Kier molecular flexibility index (Phi) is 2.58. The number of sulfone groups is 1. The van der Waals surface area contributed by atoms with E-state index >= 15 is 0 Å². The van der Waals surface area contributed by atoms with Crippen molar-refractivity contribution in [2.45, 2.75) is 0 Å². The van der Waals surface area contributed by atoms with E-state index in [4.69, 9.17) is 5.26 Å². The summed E-state index contributed by atoms with van der Waals surface area (Å²) < 4.78 is 21.7. The Morgan fingerprint density at radius 1 is 1.73 bits per heavy atom. The van der Waals surface area contributed by atoms with Crippen LogP contribution in [-0.4, -0.2) is 25.7 Å². The van der Waals surface area contributed by atoms with Crippen molar-refractivity contribution >= 4 is 21.6 Å². The van der Waals surface area contributed by atoms with Gasteiger partial charge in [-0.25, -0.2) is 8.42 Å². The summed E-state index contributed by atoms with van der Waals surface area (Å²) in [6.45, 7) is 0. The summed E-state index contributed by atoms with van der Waals surface area (Å²) in [6, 6.07) is 0. The van der Waals surface area contributed by atoms with Gasteiger partial charge in [0, 0.05) is 5.75 Å². The third-order valence-corrected chi connectivity index (χ3v) is 3.48. The molecule has 0 aromatic carbocycles. The molecule has 0 radical (unpaired) electrons. The number of rotatable bonds is 2. The third-order valence-electron chi connectivity index (χ3n) is 1.35. The van der Waals surface area contributed by atoms with E-state index in [1.54, 1.807) is 6.08 Å². The molecule has 0 aliphatic carbocycles. The largest absolute Gasteiger partial charge is 0.228 e. The Morgan fingerprint density at radius 2 is 2.45 bits per heavy atom. The maximum Gasteiger partial charge on any atom is 0.157 e. The van der Waals surface area contributed by atoms with Crippen molar-refractivity contribution in [3.63, 3.8) is 0 Å². The molecule has 60 valence electrons. The summed E-state index contributed by atoms with van der Waals surface area (Å²) in [5.74, 6) is 0.811. The van der Waals surface area contributed by atoms with Gasteiger partial charge in [-0.15, -0.1) is 0 Å². The molecule has 1 heterocycles. The Hall–Kier alpha value is -0.470. The standard InChI is InChI=1S/C6H7NO2S2/c7-5-10-3-6-1-2-11(8,9)4-6/h1H,2-4H2. The molecule has 5 heteroatoms. The molecule has 0 unspecified atom stereocenters. The predicted octanol–water partition coefficient (Wildman–Crippen LogP) is 0.555. The Balaban J connectivity index is 2.49. The Bertz CT molecular complexity index is 310. The minimum absolute atomic E-state index is 0.141. The van der Waals surface area contributed by atoms with E-state index in [0.717, 1.165) is 17.3 Å². The molecule has 0 aromatic heterocycles. The highest BCUT2D eigenvalue weighted by atomic mass is 32.2. The van der Waals surface area contributed by atoms with Crippen LogP contribution in [0.3, 0.4) is 0 Å². The molecule has 0 N–H and O–H groups in total. The van der Waals surface area contributed by atoms with Crippen molar-refractivity contribution in [2.24, 2.45) is 0 Å². The molecule has 0 amide bonds. The SMILES string of the molecule is N#CSCC1=CCS(=O)(=O)C1. The molecule has 11 heavy (non-hydrogen) atoms. The molecule has 1 aliphatic rings. The monoisotopic (exact) mass is 189 g/mol. The molecular weight excluding hydrogens is 182 g/mol. The minimum Gasteiger partial charge on any atom is -0.228 e. The second kappa shape index (κ2) is 3.28. The van der Waals surface area contributed by atoms with Crippen molar-refractivity contribution in [3.8, 4) is 5.40 Å². The van der Waals surface area contributed by atoms with Crippen molar-refractivity contribution < 1.29 is 8.42 Å². The normalized spacial score (nSPS) is 20.8. The van der Waals surface area contributed by atoms with Gasteiger partial charge in [0.2, 0.25) is 0 Å². The highest BCUT2D eigenvalue weighted by Crippen LogP contribution is 2.15. The minimum atomic E-state index is -2.84. The van der Waals surface area contributed by atoms with Crippen molar-refractivity contribution in [1.29, 1.82) is 5.26 Å². The van der Waals surface area contributed by atoms with Gasteiger partial charge in [0.1, 0.15) is 5.40 Å². The van der Waals surface area contributed by atoms with Gasteiger partial charge in [0.15, 0.2) is 9.84 Å². The number of nitriles is 1. The first-order valence-corrected chi connectivity index (χ1v) is 5.84. The second-order valence-electron chi connectivity index (χ2n) is 2.30. The lowest BCUT2D eigenvalue weighted by Crippen LogP contribution is -2.03. The van der Waals surface area contributed by atoms with E-state index < -0.39 is 9.84 Å². The molecule has 0 saturated heterocycles. The van der Waals surface area contributed by atoms with Gasteiger partial charge in [-0.1, -0.05) is 6.08 Å². The van der Waals surface area contributed by atoms with Crippen LogP contribution in [0.25, 0.3) is 0 Å². The van der Waals surface area contributed by atoms with Crippen LogP contribution in [0, 0.1) is 10.7 Å². The lowest BCUT2D eigenvalue weighted by Gasteiger charge is -1.92. The summed E-state index contributed by atoms with van der Waals surface area (Å²) in [5, 5.41) is 10.1. The quantitative estimate of drug-likeness (QED) is 0.470. The van der Waals surface area contributed by atoms with Crippen molar-refractivity contribution in [1.82, 2.24) is 0 Å². The third kappa shape index (κ3) is 2.56. The van der Waals surface area contributed by atoms with Crippen LogP contribution in [0.2, 0.25) is 0 Å². The lowest BCUT2D eigenvalue weighted by molar-refractivity contribution is 0.603. The van der Waals surface area contributed by atoms with E-state index in [0.29, 0.717) is 5.75 Å². The first-order chi connectivity index (χ1) is 5.14. The topological polar surface area (TPSA) is 57.9 Å². The average molecular weight is 189 g/mol. The number of thioether (sulfide) groups is 1. The number of hydrogen-bond donors (Lipinski definition) is 0. The highest BCUT2D eigenvalue weighted by Gasteiger charge is 2.18. The first-order valence-electron chi connectivity index (χ1n) is 3.03. The molecule has 0 saturated carbocycles. The van der Waals surface area contributed by atoms with E-state index in [-0.39, 0.29) is 11.5 Å². The maximum absolute atomic E-state index is 10.9. The molecule has 0 bridgehead atoms. The molecule has 1 rings (SSSR count). The molecule has 3 nitrogen and oxygen atoms in total. The van der Waals surface area contributed by atoms with Gasteiger partial charge < -0.3 is 0 Å². The summed E-state index contributed by atoms with van der Waals surface area (Å²) in [7, 11) is -2.84. The molecule has 0 aromatic rings. The zero-order chi connectivity index (χ0) is 8.32. The molecule has 0 fully saturated rings. The van der Waals surface area contributed by atoms with E-state index in [2.05, 4.69) is 0 Å². The van der Waals surface area contributed by atoms with Gasteiger partial charge in [-0.3, -0.25) is 0 Å². The summed E-state index contributed by atoms with van der Waals surface area (Å²) in [4.78, 5) is 0. The van der Waals surface area contributed by atoms with E-state index in [1.165, 1.54) is 0 Å². The first kappa shape index (κ1) is 8.62. The summed E-state index contributed by atoms with van der Waals surface area (Å²) >= 11 is 1.08. The van der Waals surface area contributed by atoms with Crippen LogP contribution in [0.15, 0.2) is 11.6 Å². The second-order valence-corrected chi connectivity index (χ2v) is 5.17. The Labute approximate surface area is 70.0 Å². The fourth-order valence-corrected chi connectivity index (χ4v) is 2.86. The number of thiocyanates is 1. The van der Waals surface area contributed by atoms with Crippen molar-refractivity contribution in [3.05, 3.63) is 11.6 Å². The van der Waals surface area contributed by atoms with Crippen molar-refractivity contribution in [2.75, 3.05) is 17.3 Å². The maximum atomic E-state index is 10.9. The predicted molar refractivity (Wildman–Crippen MR) is 44.8 cm³/mol. The van der Waals surface area contributed by atoms with Gasteiger partial charge in [-0.05, 0) is 17.3 Å². The van der Waals surface area contributed by atoms with Gasteiger partial charge in [0.25, 0.3) is 0 Å². The van der Waals surface area contributed by atoms with Gasteiger partial charge in [0.05, 0.1) is 11.5 Å². The zero-order valence-electron chi connectivity index (χ0n) is 5.78. The van der Waals surface area contributed by atoms with E-state index in [1.807, 2.05) is 5.40 Å². The fourth-order valence-electron chi connectivity index (χ4n) is 0.871. The molecule has 1 aliphatic heterocycles. The van der Waals surface area contributed by atoms with Crippen LogP contribution in [-0.2, 0) is 9.84 Å². The molecule has 0 spiro atoms. The fraction of sp³-hybridized carbons (Fsp3) is 0.500. The zero-order valence-corrected chi connectivity index (χ0v) is 7.41. The Morgan fingerprint density at radius 3 is 2.91 bits per heavy atom. The van der Waals surface area contributed by atoms with Gasteiger partial charge >= 0.3 is 0 Å². The van der Waals surface area contributed by atoms with Crippen LogP contribution in [0.4, 0.5) is 0 Å². The summed E-state index contributed by atoms with van der Waals surface area (Å²) in [5.41, 5.74) is 0.858. The average Bonchev–Trinajstić information content (AvgIpc) is 2.26. The summed E-state index contributed by atoms with van der Waals surface area (Å²) in [6.07, 6.45) is 1.69. The molecule has 0 atom stereocenters. The van der Waals surface area contributed by atoms with E-state index in [9.17, 15) is 8.42 Å². The lowest BCUT2D eigenvalue weighted by atomic mass is 10.3. The van der Waals surface area contributed by atoms with Crippen LogP contribution in [0.5, 0.6) is 0 Å². The van der Waals surface area contributed by atoms with Crippen LogP contribution >= 0.6 is 11.8 Å².